The first-order valence-electron chi connectivity index (χ1n) is 7.59. The maximum absolute atomic E-state index is 12.2. The van der Waals surface area contributed by atoms with Crippen LogP contribution in [0.4, 0.5) is 11.4 Å². The van der Waals surface area contributed by atoms with Gasteiger partial charge in [0, 0.05) is 22.5 Å². The van der Waals surface area contributed by atoms with Crippen molar-refractivity contribution in [3.05, 3.63) is 55.8 Å². The normalized spacial score (nSPS) is 13.3. The summed E-state index contributed by atoms with van der Waals surface area (Å²) in [7, 11) is 0. The number of hydrogen-bond acceptors (Lipinski definition) is 6. The Morgan fingerprint density at radius 2 is 2.04 bits per heavy atom. The van der Waals surface area contributed by atoms with Gasteiger partial charge in [-0.05, 0) is 37.1 Å². The molecule has 0 atom stereocenters. The summed E-state index contributed by atoms with van der Waals surface area (Å²) in [5.41, 5.74) is 0.459. The Bertz CT molecular complexity index is 844. The molecule has 1 aromatic carbocycles. The van der Waals surface area contributed by atoms with Gasteiger partial charge in [0.25, 0.3) is 11.6 Å². The minimum atomic E-state index is -1.02. The van der Waals surface area contributed by atoms with Crippen LogP contribution in [0.25, 0.3) is 0 Å². The summed E-state index contributed by atoms with van der Waals surface area (Å²) >= 11 is 1.07. The maximum atomic E-state index is 12.2. The zero-order valence-electron chi connectivity index (χ0n) is 13.0. The molecule has 1 aliphatic carbocycles. The number of amides is 1. The predicted octanol–water partition coefficient (Wildman–Crippen LogP) is 2.86. The first-order valence-corrected chi connectivity index (χ1v) is 8.41. The van der Waals surface area contributed by atoms with Crippen LogP contribution >= 0.6 is 11.3 Å². The van der Waals surface area contributed by atoms with E-state index in [9.17, 15) is 19.7 Å². The molecular weight excluding hydrogens is 346 g/mol. The van der Waals surface area contributed by atoms with E-state index in [-0.39, 0.29) is 28.7 Å². The lowest BCUT2D eigenvalue weighted by Crippen LogP contribution is -2.22. The number of aromatic carboxylic acids is 1. The number of hydrogen-bond donors (Lipinski definition) is 3. The van der Waals surface area contributed by atoms with Crippen molar-refractivity contribution in [2.45, 2.75) is 25.4 Å². The number of carboxylic acid groups (broad SMARTS) is 1. The molecule has 0 saturated heterocycles. The van der Waals surface area contributed by atoms with Crippen LogP contribution in [-0.2, 0) is 6.54 Å². The summed E-state index contributed by atoms with van der Waals surface area (Å²) in [4.78, 5) is 34.6. The van der Waals surface area contributed by atoms with E-state index in [1.165, 1.54) is 18.2 Å². The van der Waals surface area contributed by atoms with Gasteiger partial charge in [-0.1, -0.05) is 0 Å². The molecule has 8 nitrogen and oxygen atoms in total. The molecule has 1 aliphatic rings. The van der Waals surface area contributed by atoms with E-state index >= 15 is 0 Å². The highest BCUT2D eigenvalue weighted by molar-refractivity contribution is 7.13. The zero-order chi connectivity index (χ0) is 18.0. The highest BCUT2D eigenvalue weighted by Crippen LogP contribution is 2.31. The smallest absolute Gasteiger partial charge is 0.345 e. The van der Waals surface area contributed by atoms with Gasteiger partial charge in [-0.15, -0.1) is 11.3 Å². The van der Waals surface area contributed by atoms with Gasteiger partial charge in [-0.2, -0.15) is 0 Å². The number of anilines is 1. The van der Waals surface area contributed by atoms with Gasteiger partial charge in [-0.3, -0.25) is 14.9 Å². The van der Waals surface area contributed by atoms with Crippen LogP contribution < -0.4 is 10.6 Å². The van der Waals surface area contributed by atoms with E-state index in [0.29, 0.717) is 10.6 Å². The van der Waals surface area contributed by atoms with Crippen molar-refractivity contribution in [3.63, 3.8) is 0 Å². The second-order valence-electron chi connectivity index (χ2n) is 5.66. The Hall–Kier alpha value is -2.94. The number of carbonyl (C=O) groups is 2. The van der Waals surface area contributed by atoms with Gasteiger partial charge in [-0.25, -0.2) is 4.79 Å². The lowest BCUT2D eigenvalue weighted by Gasteiger charge is -2.08. The molecule has 130 valence electrons. The fraction of sp³-hybridized carbons (Fsp3) is 0.250. The van der Waals surface area contributed by atoms with Crippen LogP contribution in [0, 0.1) is 10.1 Å². The van der Waals surface area contributed by atoms with Gasteiger partial charge in [0.2, 0.25) is 0 Å². The highest BCUT2D eigenvalue weighted by Gasteiger charge is 2.25. The summed E-state index contributed by atoms with van der Waals surface area (Å²) < 4.78 is 0. The lowest BCUT2D eigenvalue weighted by atomic mass is 10.1. The largest absolute Gasteiger partial charge is 0.477 e. The summed E-state index contributed by atoms with van der Waals surface area (Å²) in [5.74, 6) is -1.47. The van der Waals surface area contributed by atoms with Crippen molar-refractivity contribution < 1.29 is 19.6 Å². The van der Waals surface area contributed by atoms with Crippen LogP contribution in [0.5, 0.6) is 0 Å². The average Bonchev–Trinajstić information content (AvgIpc) is 3.26. The summed E-state index contributed by atoms with van der Waals surface area (Å²) in [6.45, 7) is 0.159. The van der Waals surface area contributed by atoms with E-state index < -0.39 is 16.8 Å². The average molecular weight is 361 g/mol. The third-order valence-electron chi connectivity index (χ3n) is 3.69. The Morgan fingerprint density at radius 3 is 2.64 bits per heavy atom. The Labute approximate surface area is 146 Å². The molecule has 2 aromatic rings. The van der Waals surface area contributed by atoms with Crippen molar-refractivity contribution in [1.29, 1.82) is 0 Å². The van der Waals surface area contributed by atoms with Crippen molar-refractivity contribution in [3.8, 4) is 0 Å². The molecule has 9 heteroatoms. The monoisotopic (exact) mass is 361 g/mol. The topological polar surface area (TPSA) is 122 Å². The van der Waals surface area contributed by atoms with Gasteiger partial charge >= 0.3 is 5.97 Å². The molecule has 3 rings (SSSR count). The zero-order valence-corrected chi connectivity index (χ0v) is 13.8. The molecule has 0 spiro atoms. The predicted molar refractivity (Wildman–Crippen MR) is 92.2 cm³/mol. The van der Waals surface area contributed by atoms with E-state index in [2.05, 4.69) is 10.6 Å². The molecule has 3 N–H and O–H groups in total. The van der Waals surface area contributed by atoms with Crippen molar-refractivity contribution >= 4 is 34.6 Å². The third-order valence-corrected chi connectivity index (χ3v) is 4.76. The first-order chi connectivity index (χ1) is 11.9. The molecule has 1 aromatic heterocycles. The van der Waals surface area contributed by atoms with Crippen LogP contribution in [0.15, 0.2) is 30.3 Å². The number of thiophene rings is 1. The molecule has 0 bridgehead atoms. The SMILES string of the molecule is O=C(NCc1ccc(C(=O)O)s1)c1ccc(NC2CC2)c([N+](=O)[O-])c1. The number of benzene rings is 1. The van der Waals surface area contributed by atoms with E-state index in [0.717, 1.165) is 24.2 Å². The number of nitro groups is 1. The molecule has 1 fully saturated rings. The van der Waals surface area contributed by atoms with Crippen molar-refractivity contribution in [1.82, 2.24) is 5.32 Å². The number of nitrogens with one attached hydrogen (secondary N) is 2. The maximum Gasteiger partial charge on any atom is 0.345 e. The van der Waals surface area contributed by atoms with Gasteiger partial charge in [0.05, 0.1) is 11.5 Å². The number of rotatable bonds is 7. The van der Waals surface area contributed by atoms with Crippen molar-refractivity contribution in [2.24, 2.45) is 0 Å². The van der Waals surface area contributed by atoms with E-state index in [4.69, 9.17) is 5.11 Å². The second-order valence-corrected chi connectivity index (χ2v) is 6.83. The minimum Gasteiger partial charge on any atom is -0.477 e. The van der Waals surface area contributed by atoms with Gasteiger partial charge in [0.15, 0.2) is 0 Å². The molecule has 0 aliphatic heterocycles. The first kappa shape index (κ1) is 16.9. The summed E-state index contributed by atoms with van der Waals surface area (Å²) in [6, 6.07) is 7.68. The lowest BCUT2D eigenvalue weighted by molar-refractivity contribution is -0.384. The highest BCUT2D eigenvalue weighted by atomic mass is 32.1. The number of nitro benzene ring substituents is 1. The quantitative estimate of drug-likeness (QED) is 0.515. The number of carbonyl (C=O) groups excluding carboxylic acids is 1. The Balaban J connectivity index is 1.69. The summed E-state index contributed by atoms with van der Waals surface area (Å²) in [6.07, 6.45) is 1.97. The van der Waals surface area contributed by atoms with Crippen LogP contribution in [0.1, 0.15) is 37.7 Å². The minimum absolute atomic E-state index is 0.135. The fourth-order valence-electron chi connectivity index (χ4n) is 2.25. The van der Waals surface area contributed by atoms with Crippen LogP contribution in [-0.4, -0.2) is 27.9 Å². The van der Waals surface area contributed by atoms with Crippen molar-refractivity contribution in [2.75, 3.05) is 5.32 Å². The molecule has 1 saturated carbocycles. The van der Waals surface area contributed by atoms with Crippen LogP contribution in [0.3, 0.4) is 0 Å². The third kappa shape index (κ3) is 4.13. The Morgan fingerprint density at radius 1 is 1.28 bits per heavy atom. The Kier molecular flexibility index (Phi) is 4.66. The van der Waals surface area contributed by atoms with E-state index in [1.54, 1.807) is 12.1 Å². The second kappa shape index (κ2) is 6.89. The number of nitrogens with zero attached hydrogens (tertiary/aromatic N) is 1. The molecule has 1 heterocycles. The number of carboxylic acids is 1. The van der Waals surface area contributed by atoms with Crippen LogP contribution in [0.2, 0.25) is 0 Å². The van der Waals surface area contributed by atoms with Gasteiger partial charge < -0.3 is 15.7 Å². The fourth-order valence-corrected chi connectivity index (χ4v) is 3.04. The molecule has 1 amide bonds. The molecule has 0 radical (unpaired) electrons. The molecule has 25 heavy (non-hydrogen) atoms. The van der Waals surface area contributed by atoms with E-state index in [1.807, 2.05) is 0 Å². The summed E-state index contributed by atoms with van der Waals surface area (Å²) in [5, 5.41) is 25.8. The standard InChI is InChI=1S/C16H15N3O5S/c20-15(17-8-11-4-6-14(25-11)16(21)22)9-1-5-12(18-10-2-3-10)13(7-9)19(23)24/h1,4-7,10,18H,2-3,8H2,(H,17,20)(H,21,22). The van der Waals surface area contributed by atoms with Gasteiger partial charge in [0.1, 0.15) is 10.6 Å². The molecular formula is C16H15N3O5S. The molecule has 0 unspecified atom stereocenters.